The molecule has 0 aromatic heterocycles. The molecule has 2 atom stereocenters. The summed E-state index contributed by atoms with van der Waals surface area (Å²) >= 11 is 0. The van der Waals surface area contributed by atoms with Crippen LogP contribution in [-0.2, 0) is 14.3 Å². The maximum Gasteiger partial charge on any atom is 0.333 e. The number of benzene rings is 1. The van der Waals surface area contributed by atoms with E-state index in [4.69, 9.17) is 15.2 Å². The summed E-state index contributed by atoms with van der Waals surface area (Å²) in [5.74, 6) is -4.37. The summed E-state index contributed by atoms with van der Waals surface area (Å²) in [5, 5.41) is 12.6. The van der Waals surface area contributed by atoms with Gasteiger partial charge in [-0.3, -0.25) is 0 Å². The number of rotatable bonds is 4. The molecule has 4 N–H and O–H groups in total. The number of nitrogens with one attached hydrogen (secondary N) is 1. The average molecular weight is 501 g/mol. The van der Waals surface area contributed by atoms with Gasteiger partial charge >= 0.3 is 5.97 Å². The van der Waals surface area contributed by atoms with E-state index < -0.39 is 35.4 Å². The van der Waals surface area contributed by atoms with Crippen molar-refractivity contribution in [2.45, 2.75) is 18.4 Å². The first-order valence-corrected chi connectivity index (χ1v) is 10.6. The Morgan fingerprint density at radius 1 is 1.26 bits per heavy atom. The second kappa shape index (κ2) is 9.14. The Kier molecular flexibility index (Phi) is 6.56. The number of fused-ring (bicyclic) bond motifs is 1. The summed E-state index contributed by atoms with van der Waals surface area (Å²) in [7, 11) is 0. The molecule has 1 aromatic carbocycles. The van der Waals surface area contributed by atoms with Crippen LogP contribution in [0.15, 0.2) is 53.3 Å². The highest BCUT2D eigenvalue weighted by Crippen LogP contribution is 2.40. The highest BCUT2D eigenvalue weighted by atomic mass is 35.5. The lowest BCUT2D eigenvalue weighted by Crippen LogP contribution is -2.52. The third kappa shape index (κ3) is 4.02. The zero-order valence-corrected chi connectivity index (χ0v) is 18.8. The highest BCUT2D eigenvalue weighted by Gasteiger charge is 2.52. The SMILES string of the molecule is Cl.NCC1CN(C2=C(F)C=C3CC(C(=O)O)=CN(c4ccc(F)cc4F)C3N2)CC12OCCO2. The average Bonchev–Trinajstić information content (AvgIpc) is 3.39. The Labute approximate surface area is 199 Å². The van der Waals surface area contributed by atoms with E-state index in [-0.39, 0.29) is 54.9 Å². The molecule has 5 rings (SSSR count). The Balaban J connectivity index is 0.00000274. The molecule has 4 aliphatic rings. The molecule has 8 nitrogen and oxygen atoms in total. The summed E-state index contributed by atoms with van der Waals surface area (Å²) in [6.07, 6.45) is 1.74. The fraction of sp³-hybridized carbons (Fsp3) is 0.409. The molecule has 0 saturated carbocycles. The van der Waals surface area contributed by atoms with Crippen molar-refractivity contribution in [1.29, 1.82) is 0 Å². The zero-order chi connectivity index (χ0) is 23.3. The van der Waals surface area contributed by atoms with Gasteiger partial charge in [0, 0.05) is 37.7 Å². The number of allylic oxidation sites excluding steroid dienone is 2. The molecular formula is C22H24ClF3N4O4. The molecule has 0 bridgehead atoms. The van der Waals surface area contributed by atoms with Crippen LogP contribution in [0.3, 0.4) is 0 Å². The highest BCUT2D eigenvalue weighted by molar-refractivity contribution is 5.88. The second-order valence-electron chi connectivity index (χ2n) is 8.42. The molecule has 0 amide bonds. The molecule has 184 valence electrons. The second-order valence-corrected chi connectivity index (χ2v) is 8.42. The van der Waals surface area contributed by atoms with Crippen molar-refractivity contribution in [3.8, 4) is 0 Å². The molecule has 1 spiro atoms. The number of ether oxygens (including phenoxy) is 2. The van der Waals surface area contributed by atoms with E-state index in [1.807, 2.05) is 0 Å². The van der Waals surface area contributed by atoms with E-state index in [1.165, 1.54) is 23.2 Å². The van der Waals surface area contributed by atoms with E-state index in [0.29, 0.717) is 31.4 Å². The number of nitrogens with zero attached hydrogens (tertiary/aromatic N) is 2. The van der Waals surface area contributed by atoms with Gasteiger partial charge in [-0.25, -0.2) is 18.0 Å². The lowest BCUT2D eigenvalue weighted by Gasteiger charge is -2.41. The van der Waals surface area contributed by atoms with Gasteiger partial charge in [0.2, 0.25) is 0 Å². The number of carbonyl (C=O) groups is 1. The van der Waals surface area contributed by atoms with Crippen molar-refractivity contribution < 1.29 is 32.5 Å². The van der Waals surface area contributed by atoms with Gasteiger partial charge in [0.05, 0.1) is 31.0 Å². The van der Waals surface area contributed by atoms with Gasteiger partial charge in [-0.1, -0.05) is 0 Å². The van der Waals surface area contributed by atoms with Crippen LogP contribution in [0.4, 0.5) is 18.9 Å². The summed E-state index contributed by atoms with van der Waals surface area (Å²) < 4.78 is 55.0. The number of anilines is 1. The molecule has 4 heterocycles. The minimum absolute atomic E-state index is 0. The van der Waals surface area contributed by atoms with Crippen molar-refractivity contribution in [1.82, 2.24) is 10.2 Å². The first-order chi connectivity index (χ1) is 15.8. The van der Waals surface area contributed by atoms with Crippen molar-refractivity contribution in [3.05, 3.63) is 64.9 Å². The number of carboxylic acids is 1. The molecular weight excluding hydrogens is 477 g/mol. The first kappa shape index (κ1) is 24.4. The fourth-order valence-electron chi connectivity index (χ4n) is 4.86. The Bertz CT molecular complexity index is 1090. The molecule has 0 radical (unpaired) electrons. The van der Waals surface area contributed by atoms with Crippen LogP contribution < -0.4 is 16.0 Å². The van der Waals surface area contributed by atoms with Crippen LogP contribution in [0.5, 0.6) is 0 Å². The molecule has 34 heavy (non-hydrogen) atoms. The van der Waals surface area contributed by atoms with Gasteiger partial charge in [0.15, 0.2) is 11.6 Å². The van der Waals surface area contributed by atoms with Crippen LogP contribution in [0.1, 0.15) is 6.42 Å². The standard InChI is InChI=1S/C22H23F3N4O4.ClH/c23-15-1-2-18(16(24)7-15)29-9-13(21(30)31)5-12-6-17(25)20(27-19(12)29)28-10-14(8-26)22(11-28)32-3-4-33-22;/h1-2,6-7,9,14,19,27H,3-5,8,10-11,26H2,(H,30,31);1H. The summed E-state index contributed by atoms with van der Waals surface area (Å²) in [4.78, 5) is 14.7. The maximum atomic E-state index is 15.2. The normalized spacial score (nSPS) is 25.5. The van der Waals surface area contributed by atoms with E-state index in [0.717, 1.165) is 6.07 Å². The number of halogens is 4. The lowest BCUT2D eigenvalue weighted by atomic mass is 9.95. The minimum Gasteiger partial charge on any atom is -0.478 e. The third-order valence-corrected chi connectivity index (χ3v) is 6.44. The predicted octanol–water partition coefficient (Wildman–Crippen LogP) is 2.19. The Hall–Kier alpha value is -2.73. The first-order valence-electron chi connectivity index (χ1n) is 10.6. The van der Waals surface area contributed by atoms with E-state index in [9.17, 15) is 18.7 Å². The monoisotopic (exact) mass is 500 g/mol. The number of likely N-dealkylation sites (tertiary alicyclic amines) is 1. The number of nitrogens with two attached hydrogens (primary N) is 1. The quantitative estimate of drug-likeness (QED) is 0.578. The van der Waals surface area contributed by atoms with Gasteiger partial charge in [-0.15, -0.1) is 12.4 Å². The van der Waals surface area contributed by atoms with E-state index in [1.54, 1.807) is 4.90 Å². The van der Waals surface area contributed by atoms with E-state index >= 15 is 4.39 Å². The van der Waals surface area contributed by atoms with Gasteiger partial charge in [-0.05, 0) is 23.8 Å². The van der Waals surface area contributed by atoms with Crippen LogP contribution >= 0.6 is 12.4 Å². The van der Waals surface area contributed by atoms with Crippen molar-refractivity contribution in [2.75, 3.05) is 37.7 Å². The van der Waals surface area contributed by atoms with Crippen molar-refractivity contribution in [2.24, 2.45) is 11.7 Å². The van der Waals surface area contributed by atoms with Crippen LogP contribution in [0.25, 0.3) is 0 Å². The molecule has 12 heteroatoms. The maximum absolute atomic E-state index is 15.2. The van der Waals surface area contributed by atoms with Crippen molar-refractivity contribution in [3.63, 3.8) is 0 Å². The van der Waals surface area contributed by atoms with Gasteiger partial charge in [0.25, 0.3) is 0 Å². The van der Waals surface area contributed by atoms with Crippen LogP contribution in [-0.4, -0.2) is 60.8 Å². The molecule has 4 aliphatic heterocycles. The molecule has 0 aliphatic carbocycles. The smallest absolute Gasteiger partial charge is 0.333 e. The third-order valence-electron chi connectivity index (χ3n) is 6.44. The van der Waals surface area contributed by atoms with Gasteiger partial charge < -0.3 is 35.4 Å². The minimum atomic E-state index is -1.21. The Morgan fingerprint density at radius 3 is 2.65 bits per heavy atom. The summed E-state index contributed by atoms with van der Waals surface area (Å²) in [6, 6.07) is 3.01. The topological polar surface area (TPSA) is 100 Å². The van der Waals surface area contributed by atoms with Crippen molar-refractivity contribution >= 4 is 24.1 Å². The number of hydrogen-bond acceptors (Lipinski definition) is 7. The largest absolute Gasteiger partial charge is 0.478 e. The molecule has 2 fully saturated rings. The fourth-order valence-corrected chi connectivity index (χ4v) is 4.86. The van der Waals surface area contributed by atoms with Gasteiger partial charge in [-0.2, -0.15) is 0 Å². The molecule has 2 saturated heterocycles. The zero-order valence-electron chi connectivity index (χ0n) is 18.0. The van der Waals surface area contributed by atoms with Gasteiger partial charge in [0.1, 0.15) is 23.6 Å². The Morgan fingerprint density at radius 2 is 2.00 bits per heavy atom. The van der Waals surface area contributed by atoms with Crippen LogP contribution in [0.2, 0.25) is 0 Å². The molecule has 2 unspecified atom stereocenters. The molecule has 1 aromatic rings. The van der Waals surface area contributed by atoms with E-state index in [2.05, 4.69) is 5.32 Å². The number of aliphatic carboxylic acids is 1. The number of hydrogen-bond donors (Lipinski definition) is 3. The summed E-state index contributed by atoms with van der Waals surface area (Å²) in [6.45, 7) is 1.76. The summed E-state index contributed by atoms with van der Waals surface area (Å²) in [5.41, 5.74) is 6.23. The number of dihydropyridines is 1. The lowest BCUT2D eigenvalue weighted by molar-refractivity contribution is -0.170. The number of carboxylic acid groups (broad SMARTS) is 1. The van der Waals surface area contributed by atoms with Crippen LogP contribution in [0, 0.1) is 17.6 Å². The predicted molar refractivity (Wildman–Crippen MR) is 118 cm³/mol.